The van der Waals surface area contributed by atoms with Gasteiger partial charge in [-0.15, -0.1) is 11.3 Å². The average molecular weight is 404 g/mol. The quantitative estimate of drug-likeness (QED) is 0.455. The van der Waals surface area contributed by atoms with Gasteiger partial charge in [0.05, 0.1) is 23.6 Å². The Kier molecular flexibility index (Phi) is 5.27. The molecule has 3 heterocycles. The van der Waals surface area contributed by atoms with E-state index in [4.69, 9.17) is 4.42 Å². The van der Waals surface area contributed by atoms with E-state index in [1.807, 2.05) is 74.0 Å². The molecule has 0 spiro atoms. The van der Waals surface area contributed by atoms with Crippen LogP contribution in [0.25, 0.3) is 11.3 Å². The van der Waals surface area contributed by atoms with Crippen LogP contribution in [0.15, 0.2) is 83.2 Å². The molecule has 1 atom stereocenters. The van der Waals surface area contributed by atoms with Gasteiger partial charge in [-0.3, -0.25) is 9.78 Å². The summed E-state index contributed by atoms with van der Waals surface area (Å²) in [7, 11) is 0. The van der Waals surface area contributed by atoms with E-state index in [1.165, 1.54) is 11.3 Å². The number of hydrogen-bond acceptors (Lipinski definition) is 5. The summed E-state index contributed by atoms with van der Waals surface area (Å²) < 4.78 is 5.15. The molecular formula is C23H21N3O2S. The Morgan fingerprint density at radius 2 is 1.90 bits per heavy atom. The van der Waals surface area contributed by atoms with Crippen LogP contribution in [0.3, 0.4) is 0 Å². The lowest BCUT2D eigenvalue weighted by atomic mass is 9.71. The van der Waals surface area contributed by atoms with E-state index < -0.39 is 5.41 Å². The van der Waals surface area contributed by atoms with Crippen LogP contribution in [0, 0.1) is 5.41 Å². The number of nitrogens with one attached hydrogen (secondary N) is 1. The largest absolute Gasteiger partial charge is 0.472 e. The van der Waals surface area contributed by atoms with Crippen LogP contribution in [-0.2, 0) is 4.79 Å². The first kappa shape index (κ1) is 19.1. The van der Waals surface area contributed by atoms with E-state index in [1.54, 1.807) is 18.7 Å². The highest BCUT2D eigenvalue weighted by molar-refractivity contribution is 7.13. The number of anilines is 1. The summed E-state index contributed by atoms with van der Waals surface area (Å²) in [6.07, 6.45) is 6.82. The zero-order valence-electron chi connectivity index (χ0n) is 16.2. The molecule has 3 aromatic heterocycles. The molecule has 146 valence electrons. The summed E-state index contributed by atoms with van der Waals surface area (Å²) in [5, 5.41) is 5.39. The molecule has 0 aliphatic carbocycles. The van der Waals surface area contributed by atoms with Crippen LogP contribution < -0.4 is 5.32 Å². The zero-order chi connectivity index (χ0) is 20.3. The van der Waals surface area contributed by atoms with E-state index >= 15 is 0 Å². The Morgan fingerprint density at radius 1 is 1.07 bits per heavy atom. The van der Waals surface area contributed by atoms with E-state index in [9.17, 15) is 4.79 Å². The van der Waals surface area contributed by atoms with Crippen molar-refractivity contribution in [1.29, 1.82) is 0 Å². The maximum atomic E-state index is 13.2. The number of nitrogens with zero attached hydrogens (tertiary/aromatic N) is 2. The molecule has 1 aromatic carbocycles. The van der Waals surface area contributed by atoms with Gasteiger partial charge in [-0.1, -0.05) is 50.2 Å². The molecule has 0 fully saturated rings. The molecule has 0 saturated heterocycles. The monoisotopic (exact) mass is 403 g/mol. The third-order valence-electron chi connectivity index (χ3n) is 5.03. The number of rotatable bonds is 6. The maximum absolute atomic E-state index is 13.2. The predicted molar refractivity (Wildman–Crippen MR) is 115 cm³/mol. The van der Waals surface area contributed by atoms with Gasteiger partial charge in [0.2, 0.25) is 5.91 Å². The molecule has 0 radical (unpaired) electrons. The molecule has 5 nitrogen and oxygen atoms in total. The Labute approximate surface area is 173 Å². The van der Waals surface area contributed by atoms with Crippen LogP contribution in [0.1, 0.15) is 30.9 Å². The lowest BCUT2D eigenvalue weighted by molar-refractivity contribution is -0.124. The van der Waals surface area contributed by atoms with Gasteiger partial charge in [-0.2, -0.15) is 0 Å². The van der Waals surface area contributed by atoms with Crippen molar-refractivity contribution in [3.05, 3.63) is 90.0 Å². The minimum Gasteiger partial charge on any atom is -0.472 e. The highest BCUT2D eigenvalue weighted by Gasteiger charge is 2.39. The number of furan rings is 1. The van der Waals surface area contributed by atoms with Crippen molar-refractivity contribution in [3.8, 4) is 11.3 Å². The van der Waals surface area contributed by atoms with Crippen molar-refractivity contribution in [3.63, 3.8) is 0 Å². The van der Waals surface area contributed by atoms with E-state index in [0.717, 1.165) is 22.4 Å². The third kappa shape index (κ3) is 3.98. The SMILES string of the molecule is CC(C)(C(=O)Nc1nccs1)C(c1ccccc1)c1ccc(-c2ccoc2)nc1. The molecular weight excluding hydrogens is 382 g/mol. The number of carbonyl (C=O) groups is 1. The number of benzene rings is 1. The minimum atomic E-state index is -0.730. The Morgan fingerprint density at radius 3 is 2.52 bits per heavy atom. The minimum absolute atomic E-state index is 0.0831. The average Bonchev–Trinajstić information content (AvgIpc) is 3.44. The fraction of sp³-hybridized carbons (Fsp3) is 0.174. The fourth-order valence-electron chi connectivity index (χ4n) is 3.50. The number of pyridine rings is 1. The first-order chi connectivity index (χ1) is 14.1. The third-order valence-corrected chi connectivity index (χ3v) is 5.72. The first-order valence-corrected chi connectivity index (χ1v) is 10.2. The van der Waals surface area contributed by atoms with Gasteiger partial charge in [0, 0.05) is 29.3 Å². The molecule has 0 aliphatic heterocycles. The van der Waals surface area contributed by atoms with Crippen molar-refractivity contribution < 1.29 is 9.21 Å². The second kappa shape index (κ2) is 8.01. The number of carbonyl (C=O) groups excluding carboxylic acids is 1. The van der Waals surface area contributed by atoms with Gasteiger partial charge in [-0.25, -0.2) is 4.98 Å². The Balaban J connectivity index is 1.71. The Bertz CT molecular complexity index is 1060. The summed E-state index contributed by atoms with van der Waals surface area (Å²) >= 11 is 1.41. The molecule has 6 heteroatoms. The molecule has 0 bridgehead atoms. The summed E-state index contributed by atoms with van der Waals surface area (Å²) in [4.78, 5) is 22.0. The van der Waals surface area contributed by atoms with Crippen LogP contribution in [0.5, 0.6) is 0 Å². The van der Waals surface area contributed by atoms with Gasteiger partial charge in [0.15, 0.2) is 5.13 Å². The summed E-state index contributed by atoms with van der Waals surface area (Å²) in [6.45, 7) is 3.91. The topological polar surface area (TPSA) is 68.0 Å². The lowest BCUT2D eigenvalue weighted by Gasteiger charge is -2.33. The number of amides is 1. The molecule has 0 saturated carbocycles. The highest BCUT2D eigenvalue weighted by atomic mass is 32.1. The van der Waals surface area contributed by atoms with E-state index in [0.29, 0.717) is 5.13 Å². The van der Waals surface area contributed by atoms with Crippen LogP contribution >= 0.6 is 11.3 Å². The van der Waals surface area contributed by atoms with Crippen molar-refractivity contribution in [2.45, 2.75) is 19.8 Å². The molecule has 4 aromatic rings. The Hall–Kier alpha value is -3.25. The van der Waals surface area contributed by atoms with Crippen LogP contribution in [0.2, 0.25) is 0 Å². The maximum Gasteiger partial charge on any atom is 0.232 e. The second-order valence-electron chi connectivity index (χ2n) is 7.35. The molecule has 0 aliphatic rings. The second-order valence-corrected chi connectivity index (χ2v) is 8.24. The summed E-state index contributed by atoms with van der Waals surface area (Å²) in [6, 6.07) is 15.9. The summed E-state index contributed by atoms with van der Waals surface area (Å²) in [5.41, 5.74) is 3.06. The predicted octanol–water partition coefficient (Wildman–Crippen LogP) is 5.59. The van der Waals surface area contributed by atoms with Gasteiger partial charge in [0.1, 0.15) is 0 Å². The zero-order valence-corrected chi connectivity index (χ0v) is 17.0. The normalized spacial score (nSPS) is 12.5. The molecule has 29 heavy (non-hydrogen) atoms. The van der Waals surface area contributed by atoms with Crippen LogP contribution in [0.4, 0.5) is 5.13 Å². The molecule has 1 N–H and O–H groups in total. The molecule has 1 amide bonds. The van der Waals surface area contributed by atoms with E-state index in [2.05, 4.69) is 15.3 Å². The van der Waals surface area contributed by atoms with E-state index in [-0.39, 0.29) is 11.8 Å². The van der Waals surface area contributed by atoms with Gasteiger partial charge >= 0.3 is 0 Å². The standard InChI is InChI=1S/C23H21N3O2S/c1-23(2,21(27)26-22-24-11-13-29-22)20(16-6-4-3-5-7-16)17-8-9-19(25-14-17)18-10-12-28-15-18/h3-15,20H,1-2H3,(H,24,26,27). The van der Waals surface area contributed by atoms with Crippen molar-refractivity contribution in [2.24, 2.45) is 5.41 Å². The first-order valence-electron chi connectivity index (χ1n) is 9.30. The fourth-order valence-corrected chi connectivity index (χ4v) is 4.03. The number of thiazole rings is 1. The highest BCUT2D eigenvalue weighted by Crippen LogP contribution is 2.42. The van der Waals surface area contributed by atoms with Gasteiger partial charge < -0.3 is 9.73 Å². The smallest absolute Gasteiger partial charge is 0.232 e. The van der Waals surface area contributed by atoms with Crippen molar-refractivity contribution in [1.82, 2.24) is 9.97 Å². The lowest BCUT2D eigenvalue weighted by Crippen LogP contribution is -2.37. The number of aromatic nitrogens is 2. The van der Waals surface area contributed by atoms with Crippen molar-refractivity contribution in [2.75, 3.05) is 5.32 Å². The number of hydrogen-bond donors (Lipinski definition) is 1. The summed E-state index contributed by atoms with van der Waals surface area (Å²) in [5.74, 6) is -0.255. The van der Waals surface area contributed by atoms with Crippen LogP contribution in [-0.4, -0.2) is 15.9 Å². The molecule has 4 rings (SSSR count). The van der Waals surface area contributed by atoms with Crippen molar-refractivity contribution >= 4 is 22.4 Å². The molecule has 1 unspecified atom stereocenters. The van der Waals surface area contributed by atoms with Gasteiger partial charge in [0.25, 0.3) is 0 Å². The van der Waals surface area contributed by atoms with Gasteiger partial charge in [-0.05, 0) is 23.3 Å².